The monoisotopic (exact) mass is 588 g/mol. The number of aromatic nitrogens is 2. The Kier molecular flexibility index (Phi) is 8.07. The number of benzene rings is 2. The lowest BCUT2D eigenvalue weighted by molar-refractivity contribution is 0.145. The zero-order valence-electron chi connectivity index (χ0n) is 22.2. The SMILES string of the molecule is Cc1ccc(CNS(=O)(=O)N2CCN(c3cnn(-c4cccc(Cl)c4)c(=O)c3OCC3(CO)CC3)CC2)cc1N. The van der Waals surface area contributed by atoms with Crippen LogP contribution in [0.3, 0.4) is 0 Å². The molecule has 2 fully saturated rings. The van der Waals surface area contributed by atoms with Crippen molar-refractivity contribution in [3.8, 4) is 11.4 Å². The van der Waals surface area contributed by atoms with Gasteiger partial charge < -0.3 is 20.5 Å². The number of aliphatic hydroxyl groups excluding tert-OH is 1. The first kappa shape index (κ1) is 28.4. The number of anilines is 2. The van der Waals surface area contributed by atoms with Crippen LogP contribution in [0.1, 0.15) is 24.0 Å². The van der Waals surface area contributed by atoms with Crippen LogP contribution in [0.5, 0.6) is 5.75 Å². The Labute approximate surface area is 238 Å². The van der Waals surface area contributed by atoms with Crippen LogP contribution in [0.2, 0.25) is 5.02 Å². The maximum absolute atomic E-state index is 13.6. The number of nitrogens with two attached hydrogens (primary N) is 1. The second-order valence-corrected chi connectivity index (χ2v) is 12.6. The van der Waals surface area contributed by atoms with Crippen LogP contribution < -0.4 is 25.7 Å². The van der Waals surface area contributed by atoms with Crippen molar-refractivity contribution in [2.45, 2.75) is 26.3 Å². The largest absolute Gasteiger partial charge is 0.486 e. The van der Waals surface area contributed by atoms with Gasteiger partial charge in [0.1, 0.15) is 5.69 Å². The first-order chi connectivity index (χ1) is 19.1. The van der Waals surface area contributed by atoms with E-state index in [1.54, 1.807) is 36.5 Å². The van der Waals surface area contributed by atoms with Crippen LogP contribution in [0.15, 0.2) is 53.5 Å². The molecule has 3 aromatic rings. The fourth-order valence-electron chi connectivity index (χ4n) is 4.57. The zero-order valence-corrected chi connectivity index (χ0v) is 23.8. The van der Waals surface area contributed by atoms with Gasteiger partial charge >= 0.3 is 5.56 Å². The quantitative estimate of drug-likeness (QED) is 0.306. The van der Waals surface area contributed by atoms with Gasteiger partial charge in [-0.25, -0.2) is 0 Å². The summed E-state index contributed by atoms with van der Waals surface area (Å²) in [5.74, 6) is 0.112. The third-order valence-corrected chi connectivity index (χ3v) is 9.29. The molecule has 2 aromatic carbocycles. The average molecular weight is 589 g/mol. The summed E-state index contributed by atoms with van der Waals surface area (Å²) < 4.78 is 37.3. The van der Waals surface area contributed by atoms with E-state index in [-0.39, 0.29) is 44.0 Å². The maximum atomic E-state index is 13.6. The molecule has 0 spiro atoms. The predicted molar refractivity (Wildman–Crippen MR) is 154 cm³/mol. The number of hydrogen-bond acceptors (Lipinski definition) is 8. The lowest BCUT2D eigenvalue weighted by atomic mass is 10.1. The highest BCUT2D eigenvalue weighted by Crippen LogP contribution is 2.45. The van der Waals surface area contributed by atoms with Gasteiger partial charge in [-0.3, -0.25) is 4.79 Å². The average Bonchev–Trinajstić information content (AvgIpc) is 3.73. The fourth-order valence-corrected chi connectivity index (χ4v) is 5.93. The standard InChI is InChI=1S/C27H33ClN6O5S/c1-19-5-6-20(13-23(19)29)15-31-40(37,38)33-11-9-32(10-12-33)24-16-30-34(22-4-2-3-21(28)14-22)26(36)25(24)39-18-27(17-35)7-8-27/h2-6,13-14,16,31,35H,7-12,15,17-18,29H2,1H3. The molecule has 2 heterocycles. The van der Waals surface area contributed by atoms with E-state index in [0.29, 0.717) is 35.2 Å². The summed E-state index contributed by atoms with van der Waals surface area (Å²) in [6.07, 6.45) is 3.20. The first-order valence-electron chi connectivity index (χ1n) is 13.1. The summed E-state index contributed by atoms with van der Waals surface area (Å²) >= 11 is 6.13. The number of nitrogen functional groups attached to an aromatic ring is 1. The molecule has 0 amide bonds. The molecule has 1 saturated carbocycles. The van der Waals surface area contributed by atoms with Crippen molar-refractivity contribution in [3.05, 3.63) is 75.2 Å². The van der Waals surface area contributed by atoms with Gasteiger partial charge in [0.05, 0.1) is 25.1 Å². The van der Waals surface area contributed by atoms with Crippen molar-refractivity contribution in [2.24, 2.45) is 5.41 Å². The van der Waals surface area contributed by atoms with E-state index < -0.39 is 15.8 Å². The molecular formula is C27H33ClN6O5S. The third-order valence-electron chi connectivity index (χ3n) is 7.50. The number of rotatable bonds is 10. The minimum absolute atomic E-state index is 0.0192. The third kappa shape index (κ3) is 6.11. The van der Waals surface area contributed by atoms with Crippen LogP contribution in [0.4, 0.5) is 11.4 Å². The fraction of sp³-hybridized carbons (Fsp3) is 0.407. The number of nitrogens with zero attached hydrogens (tertiary/aromatic N) is 4. The highest BCUT2D eigenvalue weighted by Gasteiger charge is 2.43. The molecule has 2 aliphatic rings. The molecule has 4 N–H and O–H groups in total. The van der Waals surface area contributed by atoms with Crippen molar-refractivity contribution in [3.63, 3.8) is 0 Å². The zero-order chi connectivity index (χ0) is 28.5. The van der Waals surface area contributed by atoms with E-state index >= 15 is 0 Å². The normalized spacial score (nSPS) is 17.1. The Morgan fingerprint density at radius 1 is 1.15 bits per heavy atom. The second kappa shape index (κ2) is 11.4. The molecule has 0 unspecified atom stereocenters. The molecule has 214 valence electrons. The minimum Gasteiger partial charge on any atom is -0.486 e. The highest BCUT2D eigenvalue weighted by molar-refractivity contribution is 7.87. The molecule has 1 aliphatic heterocycles. The summed E-state index contributed by atoms with van der Waals surface area (Å²) in [5, 5.41) is 14.6. The van der Waals surface area contributed by atoms with Gasteiger partial charge in [0.15, 0.2) is 0 Å². The molecular weight excluding hydrogens is 556 g/mol. The number of nitrogens with one attached hydrogen (secondary N) is 1. The van der Waals surface area contributed by atoms with E-state index in [9.17, 15) is 18.3 Å². The van der Waals surface area contributed by atoms with Gasteiger partial charge in [-0.15, -0.1) is 0 Å². The number of halogens is 1. The van der Waals surface area contributed by atoms with Crippen LogP contribution >= 0.6 is 11.6 Å². The van der Waals surface area contributed by atoms with E-state index in [1.165, 1.54) is 8.99 Å². The van der Waals surface area contributed by atoms with Crippen LogP contribution in [-0.2, 0) is 16.8 Å². The molecule has 11 nitrogen and oxygen atoms in total. The molecule has 1 saturated heterocycles. The van der Waals surface area contributed by atoms with Gasteiger partial charge in [0.25, 0.3) is 10.2 Å². The number of ether oxygens (including phenoxy) is 1. The van der Waals surface area contributed by atoms with Crippen LogP contribution in [0.25, 0.3) is 5.69 Å². The lowest BCUT2D eigenvalue weighted by Crippen LogP contribution is -2.52. The number of piperazine rings is 1. The van der Waals surface area contributed by atoms with Crippen molar-refractivity contribution in [1.82, 2.24) is 18.8 Å². The highest BCUT2D eigenvalue weighted by atomic mass is 35.5. The molecule has 1 aliphatic carbocycles. The van der Waals surface area contributed by atoms with E-state index in [2.05, 4.69) is 9.82 Å². The molecule has 40 heavy (non-hydrogen) atoms. The Bertz CT molecular complexity index is 1550. The van der Waals surface area contributed by atoms with E-state index in [1.807, 2.05) is 24.0 Å². The lowest BCUT2D eigenvalue weighted by Gasteiger charge is -2.35. The summed E-state index contributed by atoms with van der Waals surface area (Å²) in [4.78, 5) is 15.5. The van der Waals surface area contributed by atoms with E-state index in [4.69, 9.17) is 22.1 Å². The molecule has 13 heteroatoms. The Hall–Kier alpha value is -3.16. The predicted octanol–water partition coefficient (Wildman–Crippen LogP) is 2.08. The number of aryl methyl sites for hydroxylation is 1. The minimum atomic E-state index is -3.74. The Balaban J connectivity index is 1.32. The molecule has 5 rings (SSSR count). The molecule has 1 aromatic heterocycles. The van der Waals surface area contributed by atoms with Gasteiger partial charge in [0.2, 0.25) is 5.75 Å². The van der Waals surface area contributed by atoms with Crippen LogP contribution in [0, 0.1) is 12.3 Å². The summed E-state index contributed by atoms with van der Waals surface area (Å²) in [6, 6.07) is 12.3. The van der Waals surface area contributed by atoms with E-state index in [0.717, 1.165) is 24.0 Å². The van der Waals surface area contributed by atoms with Crippen molar-refractivity contribution in [2.75, 3.05) is 50.0 Å². The van der Waals surface area contributed by atoms with Gasteiger partial charge in [0, 0.05) is 48.8 Å². The number of hydrogen-bond donors (Lipinski definition) is 3. The Morgan fingerprint density at radius 3 is 2.55 bits per heavy atom. The maximum Gasteiger partial charge on any atom is 0.316 e. The molecule has 0 bridgehead atoms. The number of aliphatic hydroxyl groups is 1. The summed E-state index contributed by atoms with van der Waals surface area (Å²) in [5.41, 5.74) is 8.45. The van der Waals surface area contributed by atoms with Crippen molar-refractivity contribution < 1.29 is 18.3 Å². The van der Waals surface area contributed by atoms with Gasteiger partial charge in [-0.1, -0.05) is 29.8 Å². The second-order valence-electron chi connectivity index (χ2n) is 10.4. The van der Waals surface area contributed by atoms with Crippen molar-refractivity contribution >= 4 is 33.2 Å². The van der Waals surface area contributed by atoms with Crippen molar-refractivity contribution in [1.29, 1.82) is 0 Å². The summed E-state index contributed by atoms with van der Waals surface area (Å²) in [7, 11) is -3.74. The summed E-state index contributed by atoms with van der Waals surface area (Å²) in [6.45, 7) is 3.30. The van der Waals surface area contributed by atoms with Gasteiger partial charge in [-0.2, -0.15) is 27.2 Å². The molecule has 0 atom stereocenters. The van der Waals surface area contributed by atoms with Crippen LogP contribution in [-0.4, -0.2) is 67.0 Å². The smallest absolute Gasteiger partial charge is 0.316 e. The molecule has 0 radical (unpaired) electrons. The van der Waals surface area contributed by atoms with Gasteiger partial charge in [-0.05, 0) is 55.2 Å². The Morgan fingerprint density at radius 2 is 1.90 bits per heavy atom. The topological polar surface area (TPSA) is 143 Å². The first-order valence-corrected chi connectivity index (χ1v) is 14.9.